The first-order valence-corrected chi connectivity index (χ1v) is 8.20. The van der Waals surface area contributed by atoms with Crippen LogP contribution in [0.25, 0.3) is 10.8 Å². The van der Waals surface area contributed by atoms with E-state index in [0.717, 1.165) is 11.8 Å². The molecule has 0 bridgehead atoms. The predicted octanol–water partition coefficient (Wildman–Crippen LogP) is 3.64. The van der Waals surface area contributed by atoms with Crippen molar-refractivity contribution in [2.45, 2.75) is 38.8 Å². The van der Waals surface area contributed by atoms with Crippen LogP contribution in [-0.2, 0) is 0 Å². The summed E-state index contributed by atoms with van der Waals surface area (Å²) in [7, 11) is 2.30. The molecule has 0 amide bonds. The molecule has 2 heteroatoms. The second kappa shape index (κ2) is 4.48. The zero-order valence-electron chi connectivity index (χ0n) is 13.3. The Morgan fingerprint density at radius 2 is 1.71 bits per heavy atom. The van der Waals surface area contributed by atoms with Gasteiger partial charge in [-0.25, -0.2) is 0 Å². The Morgan fingerprint density at radius 3 is 2.43 bits per heavy atom. The molecule has 2 atom stereocenters. The highest BCUT2D eigenvalue weighted by Gasteiger charge is 2.48. The monoisotopic (exact) mass is 281 g/mol. The van der Waals surface area contributed by atoms with Crippen molar-refractivity contribution < 1.29 is 5.32 Å². The summed E-state index contributed by atoms with van der Waals surface area (Å²) in [4.78, 5) is 2.56. The molecule has 2 unspecified atom stereocenters. The Hall–Kier alpha value is -1.54. The van der Waals surface area contributed by atoms with Gasteiger partial charge in [-0.2, -0.15) is 0 Å². The zero-order valence-corrected chi connectivity index (χ0v) is 13.3. The molecule has 2 aliphatic rings. The maximum absolute atomic E-state index is 2.56. The number of anilines is 1. The fourth-order valence-electron chi connectivity index (χ4n) is 4.91. The number of quaternary nitrogens is 1. The molecule has 2 nitrogen and oxygen atoms in total. The Balaban J connectivity index is 1.89. The quantitative estimate of drug-likeness (QED) is 0.731. The van der Waals surface area contributed by atoms with Crippen molar-refractivity contribution in [3.05, 3.63) is 36.4 Å². The molecule has 1 spiro atoms. The van der Waals surface area contributed by atoms with E-state index in [9.17, 15) is 0 Å². The van der Waals surface area contributed by atoms with Gasteiger partial charge in [0, 0.05) is 19.9 Å². The molecular weight excluding hydrogens is 256 g/mol. The van der Waals surface area contributed by atoms with E-state index in [1.54, 1.807) is 0 Å². The average molecular weight is 281 g/mol. The topological polar surface area (TPSA) is 19.9 Å². The molecule has 0 radical (unpaired) electrons. The lowest BCUT2D eigenvalue weighted by molar-refractivity contribution is -0.660. The van der Waals surface area contributed by atoms with E-state index in [-0.39, 0.29) is 5.66 Å². The van der Waals surface area contributed by atoms with Gasteiger partial charge in [-0.05, 0) is 35.8 Å². The molecule has 2 aromatic rings. The Labute approximate surface area is 127 Å². The van der Waals surface area contributed by atoms with E-state index >= 15 is 0 Å². The van der Waals surface area contributed by atoms with Crippen LogP contribution in [0.1, 0.15) is 33.1 Å². The third-order valence-electron chi connectivity index (χ3n) is 5.58. The van der Waals surface area contributed by atoms with Crippen LogP contribution in [0.4, 0.5) is 11.4 Å². The molecular formula is C19H25N2+. The number of rotatable bonds is 0. The molecule has 4 rings (SSSR count). The van der Waals surface area contributed by atoms with Gasteiger partial charge in [0.15, 0.2) is 5.66 Å². The van der Waals surface area contributed by atoms with Crippen molar-refractivity contribution in [3.8, 4) is 0 Å². The maximum atomic E-state index is 2.56. The number of hydrogen-bond acceptors (Lipinski definition) is 1. The van der Waals surface area contributed by atoms with Crippen LogP contribution in [0.2, 0.25) is 0 Å². The van der Waals surface area contributed by atoms with Gasteiger partial charge < -0.3 is 4.90 Å². The summed E-state index contributed by atoms with van der Waals surface area (Å²) in [5.74, 6) is 1.61. The largest absolute Gasteiger partial charge is 0.322 e. The summed E-state index contributed by atoms with van der Waals surface area (Å²) >= 11 is 0. The maximum Gasteiger partial charge on any atom is 0.176 e. The van der Waals surface area contributed by atoms with Crippen molar-refractivity contribution >= 4 is 22.1 Å². The van der Waals surface area contributed by atoms with Crippen LogP contribution in [-0.4, -0.2) is 12.7 Å². The first-order valence-electron chi connectivity index (χ1n) is 8.20. The van der Waals surface area contributed by atoms with Crippen LogP contribution in [0, 0.1) is 11.8 Å². The lowest BCUT2D eigenvalue weighted by Gasteiger charge is -2.49. The van der Waals surface area contributed by atoms with E-state index in [0.29, 0.717) is 0 Å². The van der Waals surface area contributed by atoms with E-state index in [4.69, 9.17) is 0 Å². The summed E-state index contributed by atoms with van der Waals surface area (Å²) in [6.45, 7) is 4.83. The van der Waals surface area contributed by atoms with Crippen LogP contribution < -0.4 is 10.2 Å². The Kier molecular flexibility index (Phi) is 2.80. The van der Waals surface area contributed by atoms with Crippen LogP contribution in [0.5, 0.6) is 0 Å². The highest BCUT2D eigenvalue weighted by Crippen LogP contribution is 2.43. The van der Waals surface area contributed by atoms with Gasteiger partial charge in [0.1, 0.15) is 5.69 Å². The summed E-state index contributed by atoms with van der Waals surface area (Å²) in [6, 6.07) is 13.5. The van der Waals surface area contributed by atoms with Gasteiger partial charge >= 0.3 is 0 Å². The van der Waals surface area contributed by atoms with Gasteiger partial charge in [-0.1, -0.05) is 38.1 Å². The average Bonchev–Trinajstić information content (AvgIpc) is 2.44. The van der Waals surface area contributed by atoms with Crippen molar-refractivity contribution in [2.75, 3.05) is 11.9 Å². The number of nitrogens with zero attached hydrogens (tertiary/aromatic N) is 1. The second-order valence-electron chi connectivity index (χ2n) is 7.38. The highest BCUT2D eigenvalue weighted by molar-refractivity contribution is 6.01. The molecule has 110 valence electrons. The fraction of sp³-hybridized carbons (Fsp3) is 0.474. The van der Waals surface area contributed by atoms with E-state index in [2.05, 4.69) is 67.5 Å². The highest BCUT2D eigenvalue weighted by atomic mass is 15.3. The molecule has 1 fully saturated rings. The van der Waals surface area contributed by atoms with Gasteiger partial charge in [-0.15, -0.1) is 0 Å². The van der Waals surface area contributed by atoms with Crippen LogP contribution in [0.15, 0.2) is 36.4 Å². The van der Waals surface area contributed by atoms with Gasteiger partial charge in [0.2, 0.25) is 0 Å². The molecule has 2 aromatic carbocycles. The Morgan fingerprint density at radius 1 is 1.05 bits per heavy atom. The lowest BCUT2D eigenvalue weighted by Crippen LogP contribution is -2.98. The molecule has 1 aliphatic carbocycles. The van der Waals surface area contributed by atoms with Crippen LogP contribution >= 0.6 is 0 Å². The minimum Gasteiger partial charge on any atom is -0.322 e. The number of hydrogen-bond donors (Lipinski definition) is 1. The summed E-state index contributed by atoms with van der Waals surface area (Å²) in [6.07, 6.45) is 3.92. The minimum atomic E-state index is 0.208. The van der Waals surface area contributed by atoms with Crippen molar-refractivity contribution in [2.24, 2.45) is 11.8 Å². The van der Waals surface area contributed by atoms with Gasteiger partial charge in [-0.3, -0.25) is 5.32 Å². The molecule has 2 N–H and O–H groups in total. The summed E-state index contributed by atoms with van der Waals surface area (Å²) < 4.78 is 0. The number of benzene rings is 2. The van der Waals surface area contributed by atoms with Crippen molar-refractivity contribution in [1.29, 1.82) is 0 Å². The molecule has 1 saturated carbocycles. The molecule has 0 aromatic heterocycles. The minimum absolute atomic E-state index is 0.208. The van der Waals surface area contributed by atoms with Gasteiger partial charge in [0.25, 0.3) is 0 Å². The SMILES string of the molecule is CC1CC(C)CC2(C1)[NH2+]c1cccc3cccc(c13)N2C. The first kappa shape index (κ1) is 13.1. The second-order valence-corrected chi connectivity index (χ2v) is 7.38. The Bertz CT molecular complexity index is 676. The van der Waals surface area contributed by atoms with E-state index < -0.39 is 0 Å². The first-order chi connectivity index (χ1) is 10.1. The van der Waals surface area contributed by atoms with E-state index in [1.807, 2.05) is 0 Å². The molecule has 1 aliphatic heterocycles. The molecule has 21 heavy (non-hydrogen) atoms. The van der Waals surface area contributed by atoms with Crippen LogP contribution in [0.3, 0.4) is 0 Å². The third kappa shape index (κ3) is 1.89. The van der Waals surface area contributed by atoms with E-state index in [1.165, 1.54) is 41.4 Å². The molecule has 1 heterocycles. The lowest BCUT2D eigenvalue weighted by atomic mass is 9.74. The normalized spacial score (nSPS) is 31.9. The van der Waals surface area contributed by atoms with Crippen molar-refractivity contribution in [1.82, 2.24) is 0 Å². The summed E-state index contributed by atoms with van der Waals surface area (Å²) in [5, 5.41) is 5.35. The van der Waals surface area contributed by atoms with Gasteiger partial charge in [0.05, 0.1) is 11.1 Å². The smallest absolute Gasteiger partial charge is 0.176 e. The predicted molar refractivity (Wildman–Crippen MR) is 88.8 cm³/mol. The third-order valence-corrected chi connectivity index (χ3v) is 5.58. The zero-order chi connectivity index (χ0) is 14.6. The molecule has 0 saturated heterocycles. The summed E-state index contributed by atoms with van der Waals surface area (Å²) in [5.41, 5.74) is 3.05. The number of nitrogens with two attached hydrogens (primary N) is 1. The fourth-order valence-corrected chi connectivity index (χ4v) is 4.91. The standard InChI is InChI=1S/C19H24N2/c1-13-10-14(2)12-19(11-13)20-16-8-4-6-15-7-5-9-17(18(15)16)21(19)3/h4-9,13-14,20H,10-12H2,1-3H3/p+1. The van der Waals surface area contributed by atoms with Crippen molar-refractivity contribution in [3.63, 3.8) is 0 Å².